The highest BCUT2D eigenvalue weighted by molar-refractivity contribution is 6.47. The SMILES string of the molecule is COc1ccc(C(=O)/C(Cl)=C\c2ccc(OC)c(OC)c2OC)cc1N(C)C. The average Bonchev–Trinajstić information content (AvgIpc) is 2.71. The van der Waals surface area contributed by atoms with E-state index >= 15 is 0 Å². The maximum atomic E-state index is 12.8. The molecule has 0 aliphatic rings. The third-order valence-electron chi connectivity index (χ3n) is 4.16. The summed E-state index contributed by atoms with van der Waals surface area (Å²) in [5.74, 6) is 1.73. The molecule has 0 atom stereocenters. The maximum absolute atomic E-state index is 12.8. The van der Waals surface area contributed by atoms with Crippen molar-refractivity contribution < 1.29 is 23.7 Å². The number of hydrogen-bond acceptors (Lipinski definition) is 6. The van der Waals surface area contributed by atoms with E-state index in [1.807, 2.05) is 19.0 Å². The zero-order valence-corrected chi connectivity index (χ0v) is 17.6. The molecular formula is C21H24ClNO5. The smallest absolute Gasteiger partial charge is 0.204 e. The number of rotatable bonds is 8. The van der Waals surface area contributed by atoms with Crippen LogP contribution in [0.3, 0.4) is 0 Å². The van der Waals surface area contributed by atoms with Crippen LogP contribution in [-0.2, 0) is 0 Å². The number of carbonyl (C=O) groups excluding carboxylic acids is 1. The van der Waals surface area contributed by atoms with Crippen molar-refractivity contribution in [2.45, 2.75) is 0 Å². The Balaban J connectivity index is 2.46. The van der Waals surface area contributed by atoms with Crippen LogP contribution in [0.15, 0.2) is 35.4 Å². The highest BCUT2D eigenvalue weighted by Gasteiger charge is 2.18. The van der Waals surface area contributed by atoms with Crippen molar-refractivity contribution in [3.63, 3.8) is 0 Å². The number of methoxy groups -OCH3 is 4. The number of carbonyl (C=O) groups is 1. The quantitative estimate of drug-likeness (QED) is 0.483. The molecule has 0 aliphatic carbocycles. The second-order valence-electron chi connectivity index (χ2n) is 6.03. The van der Waals surface area contributed by atoms with Crippen LogP contribution < -0.4 is 23.8 Å². The highest BCUT2D eigenvalue weighted by atomic mass is 35.5. The van der Waals surface area contributed by atoms with Gasteiger partial charge in [-0.15, -0.1) is 0 Å². The highest BCUT2D eigenvalue weighted by Crippen LogP contribution is 2.41. The molecule has 0 spiro atoms. The van der Waals surface area contributed by atoms with Crippen LogP contribution in [-0.4, -0.2) is 48.3 Å². The number of benzene rings is 2. The molecule has 0 fully saturated rings. The summed E-state index contributed by atoms with van der Waals surface area (Å²) in [6, 6.07) is 8.62. The predicted molar refractivity (Wildman–Crippen MR) is 112 cm³/mol. The lowest BCUT2D eigenvalue weighted by Crippen LogP contribution is -2.11. The minimum absolute atomic E-state index is 0.0420. The molecule has 0 bridgehead atoms. The molecule has 0 amide bonds. The molecule has 0 saturated heterocycles. The fourth-order valence-corrected chi connectivity index (χ4v) is 2.99. The van der Waals surface area contributed by atoms with Gasteiger partial charge in [0.25, 0.3) is 0 Å². The Labute approximate surface area is 170 Å². The van der Waals surface area contributed by atoms with Crippen LogP contribution >= 0.6 is 11.6 Å². The van der Waals surface area contributed by atoms with Crippen LogP contribution in [0.5, 0.6) is 23.0 Å². The molecule has 0 N–H and O–H groups in total. The Morgan fingerprint density at radius 1 is 0.893 bits per heavy atom. The first-order valence-electron chi connectivity index (χ1n) is 8.44. The molecule has 28 heavy (non-hydrogen) atoms. The number of ether oxygens (including phenoxy) is 4. The van der Waals surface area contributed by atoms with E-state index in [4.69, 9.17) is 30.5 Å². The Hall–Kier alpha value is -2.86. The van der Waals surface area contributed by atoms with E-state index in [0.717, 1.165) is 5.69 Å². The molecule has 2 aromatic rings. The number of hydrogen-bond donors (Lipinski definition) is 0. The molecule has 0 radical (unpaired) electrons. The molecule has 150 valence electrons. The van der Waals surface area contributed by atoms with Gasteiger partial charge in [-0.2, -0.15) is 0 Å². The maximum Gasteiger partial charge on any atom is 0.204 e. The molecule has 2 aromatic carbocycles. The van der Waals surface area contributed by atoms with Crippen molar-refractivity contribution in [1.29, 1.82) is 0 Å². The minimum Gasteiger partial charge on any atom is -0.495 e. The minimum atomic E-state index is -0.316. The first-order valence-corrected chi connectivity index (χ1v) is 8.81. The Kier molecular flexibility index (Phi) is 7.18. The van der Waals surface area contributed by atoms with Crippen LogP contribution in [0.2, 0.25) is 0 Å². The zero-order valence-electron chi connectivity index (χ0n) is 16.8. The zero-order chi connectivity index (χ0) is 20.8. The number of allylic oxidation sites excluding steroid dienone is 1. The normalized spacial score (nSPS) is 11.0. The molecule has 0 aliphatic heterocycles. The van der Waals surface area contributed by atoms with Crippen molar-refractivity contribution >= 4 is 29.1 Å². The number of anilines is 1. The lowest BCUT2D eigenvalue weighted by Gasteiger charge is -2.17. The molecule has 0 saturated carbocycles. The lowest BCUT2D eigenvalue weighted by molar-refractivity contribution is 0.104. The number of halogens is 1. The Morgan fingerprint density at radius 2 is 1.50 bits per heavy atom. The number of nitrogens with zero attached hydrogens (tertiary/aromatic N) is 1. The monoisotopic (exact) mass is 405 g/mol. The second kappa shape index (κ2) is 9.37. The van der Waals surface area contributed by atoms with Gasteiger partial charge >= 0.3 is 0 Å². The summed E-state index contributed by atoms with van der Waals surface area (Å²) >= 11 is 6.34. The van der Waals surface area contributed by atoms with Gasteiger partial charge in [0, 0.05) is 25.2 Å². The topological polar surface area (TPSA) is 57.2 Å². The van der Waals surface area contributed by atoms with Crippen LogP contribution in [0.1, 0.15) is 15.9 Å². The van der Waals surface area contributed by atoms with E-state index in [-0.39, 0.29) is 10.8 Å². The van der Waals surface area contributed by atoms with Crippen molar-refractivity contribution in [2.24, 2.45) is 0 Å². The molecule has 0 unspecified atom stereocenters. The van der Waals surface area contributed by atoms with E-state index in [2.05, 4.69) is 0 Å². The standard InChI is InChI=1S/C21H24ClNO5/c1-23(2)16-12-13(7-9-17(16)25-3)19(24)15(22)11-14-8-10-18(26-4)21(28-6)20(14)27-5/h7-12H,1-6H3/b15-11+. The Morgan fingerprint density at radius 3 is 2.04 bits per heavy atom. The average molecular weight is 406 g/mol. The molecule has 7 heteroatoms. The van der Waals surface area contributed by atoms with Crippen molar-refractivity contribution in [3.05, 3.63) is 46.5 Å². The van der Waals surface area contributed by atoms with Gasteiger partial charge in [-0.1, -0.05) is 11.6 Å². The van der Waals surface area contributed by atoms with Gasteiger partial charge in [-0.25, -0.2) is 0 Å². The van der Waals surface area contributed by atoms with Crippen molar-refractivity contribution in [1.82, 2.24) is 0 Å². The summed E-state index contributed by atoms with van der Waals surface area (Å²) < 4.78 is 21.4. The molecular weight excluding hydrogens is 382 g/mol. The summed E-state index contributed by atoms with van der Waals surface area (Å²) in [7, 11) is 9.89. The van der Waals surface area contributed by atoms with E-state index in [9.17, 15) is 4.79 Å². The summed E-state index contributed by atoms with van der Waals surface area (Å²) in [5.41, 5.74) is 1.83. The predicted octanol–water partition coefficient (Wildman–Crippen LogP) is 4.25. The first kappa shape index (κ1) is 21.4. The van der Waals surface area contributed by atoms with Crippen molar-refractivity contribution in [3.8, 4) is 23.0 Å². The fraction of sp³-hybridized carbons (Fsp3) is 0.286. The first-order chi connectivity index (χ1) is 13.4. The van der Waals surface area contributed by atoms with Crippen LogP contribution in [0.25, 0.3) is 6.08 Å². The van der Waals surface area contributed by atoms with Gasteiger partial charge < -0.3 is 23.8 Å². The van der Waals surface area contributed by atoms with E-state index < -0.39 is 0 Å². The van der Waals surface area contributed by atoms with Gasteiger partial charge in [-0.3, -0.25) is 4.79 Å². The van der Waals surface area contributed by atoms with Crippen molar-refractivity contribution in [2.75, 3.05) is 47.4 Å². The van der Waals surface area contributed by atoms with Gasteiger partial charge in [0.15, 0.2) is 11.5 Å². The summed E-state index contributed by atoms with van der Waals surface area (Å²) in [6.45, 7) is 0. The molecule has 0 heterocycles. The summed E-state index contributed by atoms with van der Waals surface area (Å²) in [6.07, 6.45) is 1.55. The van der Waals surface area contributed by atoms with Gasteiger partial charge in [0.1, 0.15) is 5.75 Å². The van der Waals surface area contributed by atoms with Crippen LogP contribution in [0, 0.1) is 0 Å². The molecule has 6 nitrogen and oxygen atoms in total. The van der Waals surface area contributed by atoms with Gasteiger partial charge in [0.2, 0.25) is 11.5 Å². The number of Topliss-reactive ketones (excluding diaryl/α,β-unsaturated/α-hetero) is 1. The van der Waals surface area contributed by atoms with E-state index in [0.29, 0.717) is 34.1 Å². The molecule has 2 rings (SSSR count). The summed E-state index contributed by atoms with van der Waals surface area (Å²) in [4.78, 5) is 14.7. The summed E-state index contributed by atoms with van der Waals surface area (Å²) in [5, 5.41) is 0.0420. The lowest BCUT2D eigenvalue weighted by atomic mass is 10.1. The third-order valence-corrected chi connectivity index (χ3v) is 4.44. The third kappa shape index (κ3) is 4.34. The van der Waals surface area contributed by atoms with Gasteiger partial charge in [-0.05, 0) is 36.4 Å². The second-order valence-corrected chi connectivity index (χ2v) is 6.43. The fourth-order valence-electron chi connectivity index (χ4n) is 2.76. The largest absolute Gasteiger partial charge is 0.495 e. The number of ketones is 1. The van der Waals surface area contributed by atoms with Gasteiger partial charge in [0.05, 0.1) is 39.2 Å². The molecule has 0 aromatic heterocycles. The van der Waals surface area contributed by atoms with E-state index in [1.165, 1.54) is 21.3 Å². The van der Waals surface area contributed by atoms with Crippen LogP contribution in [0.4, 0.5) is 5.69 Å². The van der Waals surface area contributed by atoms with E-state index in [1.54, 1.807) is 43.5 Å². The Bertz CT molecular complexity index is 893.